The Balaban J connectivity index is 2.52. The highest BCUT2D eigenvalue weighted by atomic mass is 16.2. The monoisotopic (exact) mass is 277 g/mol. The van der Waals surface area contributed by atoms with E-state index in [1.54, 1.807) is 4.90 Å². The van der Waals surface area contributed by atoms with Crippen LogP contribution in [-0.4, -0.2) is 73.0 Å². The fourth-order valence-electron chi connectivity index (χ4n) is 2.42. The zero-order valence-electron chi connectivity index (χ0n) is 12.4. The van der Waals surface area contributed by atoms with Crippen LogP contribution in [0.2, 0.25) is 0 Å². The number of carbonyl (C=O) groups excluding carboxylic acids is 1. The second kappa shape index (κ2) is 8.52. The van der Waals surface area contributed by atoms with Crippen LogP contribution < -0.4 is 0 Å². The number of nitrogens with zero attached hydrogens (tertiary/aromatic N) is 5. The number of hydrogen-bond acceptors (Lipinski definition) is 5. The maximum atomic E-state index is 12.3. The van der Waals surface area contributed by atoms with Crippen molar-refractivity contribution in [1.29, 1.82) is 10.5 Å². The largest absolute Gasteiger partial charge is 0.340 e. The van der Waals surface area contributed by atoms with Crippen molar-refractivity contribution in [3.63, 3.8) is 0 Å². The SMILES string of the molecule is CC1CN(C)CCN1CC(=O)N(CCC#N)CCC#N. The molecule has 20 heavy (non-hydrogen) atoms. The Bertz CT molecular complexity index is 379. The smallest absolute Gasteiger partial charge is 0.236 e. The van der Waals surface area contributed by atoms with Crippen molar-refractivity contribution in [2.24, 2.45) is 0 Å². The van der Waals surface area contributed by atoms with E-state index in [1.807, 2.05) is 0 Å². The van der Waals surface area contributed by atoms with E-state index in [1.165, 1.54) is 0 Å². The van der Waals surface area contributed by atoms with E-state index in [4.69, 9.17) is 10.5 Å². The standard InChI is InChI=1S/C14H23N5O/c1-13-11-17(2)9-10-19(13)12-14(20)18(7-3-5-15)8-4-6-16/h13H,3-4,7-12H2,1-2H3. The minimum atomic E-state index is 0.0203. The third-order valence-corrected chi connectivity index (χ3v) is 3.65. The normalized spacial score (nSPS) is 20.1. The first kappa shape index (κ1) is 16.4. The number of hydrogen-bond donors (Lipinski definition) is 0. The Labute approximate surface area is 121 Å². The van der Waals surface area contributed by atoms with Gasteiger partial charge >= 0.3 is 0 Å². The van der Waals surface area contributed by atoms with E-state index in [-0.39, 0.29) is 5.91 Å². The third kappa shape index (κ3) is 5.16. The molecule has 110 valence electrons. The fourth-order valence-corrected chi connectivity index (χ4v) is 2.42. The molecule has 6 nitrogen and oxygen atoms in total. The van der Waals surface area contributed by atoms with Gasteiger partial charge in [0.05, 0.1) is 31.5 Å². The van der Waals surface area contributed by atoms with Crippen LogP contribution >= 0.6 is 0 Å². The van der Waals surface area contributed by atoms with Gasteiger partial charge in [-0.1, -0.05) is 0 Å². The summed E-state index contributed by atoms with van der Waals surface area (Å²) in [5.74, 6) is 0.0203. The predicted molar refractivity (Wildman–Crippen MR) is 75.6 cm³/mol. The number of amides is 1. The van der Waals surface area contributed by atoms with Gasteiger partial charge in [-0.25, -0.2) is 0 Å². The van der Waals surface area contributed by atoms with Gasteiger partial charge in [-0.3, -0.25) is 9.69 Å². The molecule has 1 aliphatic heterocycles. The van der Waals surface area contributed by atoms with Crippen molar-refractivity contribution in [3.8, 4) is 12.1 Å². The van der Waals surface area contributed by atoms with Crippen molar-refractivity contribution in [3.05, 3.63) is 0 Å². The molecular formula is C14H23N5O. The molecule has 6 heteroatoms. The molecule has 1 atom stereocenters. The van der Waals surface area contributed by atoms with Crippen LogP contribution in [0.25, 0.3) is 0 Å². The molecule has 0 aromatic rings. The minimum Gasteiger partial charge on any atom is -0.340 e. The van der Waals surface area contributed by atoms with Gasteiger partial charge in [-0.2, -0.15) is 10.5 Å². The van der Waals surface area contributed by atoms with E-state index in [0.717, 1.165) is 19.6 Å². The fraction of sp³-hybridized carbons (Fsp3) is 0.786. The molecule has 0 saturated carbocycles. The van der Waals surface area contributed by atoms with Gasteiger partial charge in [-0.05, 0) is 14.0 Å². The molecule has 0 aromatic carbocycles. The van der Waals surface area contributed by atoms with E-state index < -0.39 is 0 Å². The summed E-state index contributed by atoms with van der Waals surface area (Å²) < 4.78 is 0. The summed E-state index contributed by atoms with van der Waals surface area (Å²) in [7, 11) is 2.09. The maximum Gasteiger partial charge on any atom is 0.236 e. The molecule has 1 aliphatic rings. The highest BCUT2D eigenvalue weighted by molar-refractivity contribution is 5.78. The summed E-state index contributed by atoms with van der Waals surface area (Å²) in [6.45, 7) is 6.15. The highest BCUT2D eigenvalue weighted by Gasteiger charge is 2.25. The van der Waals surface area contributed by atoms with E-state index >= 15 is 0 Å². The van der Waals surface area contributed by atoms with E-state index in [2.05, 4.69) is 35.9 Å². The zero-order valence-corrected chi connectivity index (χ0v) is 12.4. The lowest BCUT2D eigenvalue weighted by atomic mass is 10.2. The van der Waals surface area contributed by atoms with Crippen LogP contribution in [0.15, 0.2) is 0 Å². The second-order valence-electron chi connectivity index (χ2n) is 5.28. The van der Waals surface area contributed by atoms with E-state index in [0.29, 0.717) is 38.5 Å². The predicted octanol–water partition coefficient (Wildman–Crippen LogP) is 0.278. The van der Waals surface area contributed by atoms with Gasteiger partial charge in [-0.15, -0.1) is 0 Å². The zero-order chi connectivity index (χ0) is 15.0. The minimum absolute atomic E-state index is 0.0203. The first-order chi connectivity index (χ1) is 9.58. The summed E-state index contributed by atoms with van der Waals surface area (Å²) >= 11 is 0. The average Bonchev–Trinajstić information content (AvgIpc) is 2.42. The molecule has 0 aromatic heterocycles. The lowest BCUT2D eigenvalue weighted by Crippen LogP contribution is -2.53. The number of nitriles is 2. The van der Waals surface area contributed by atoms with Gasteiger partial charge in [0.15, 0.2) is 0 Å². The van der Waals surface area contributed by atoms with Gasteiger partial charge in [0.25, 0.3) is 0 Å². The third-order valence-electron chi connectivity index (χ3n) is 3.65. The van der Waals surface area contributed by atoms with E-state index in [9.17, 15) is 4.79 Å². The molecule has 1 heterocycles. The molecule has 1 amide bonds. The van der Waals surface area contributed by atoms with Crippen LogP contribution in [0.1, 0.15) is 19.8 Å². The molecule has 0 spiro atoms. The Morgan fingerprint density at radius 1 is 1.25 bits per heavy atom. The Morgan fingerprint density at radius 3 is 2.35 bits per heavy atom. The summed E-state index contributed by atoms with van der Waals surface area (Å²) in [4.78, 5) is 18.4. The lowest BCUT2D eigenvalue weighted by molar-refractivity contribution is -0.133. The van der Waals surface area contributed by atoms with Gasteiger partial charge < -0.3 is 9.80 Å². The molecular weight excluding hydrogens is 254 g/mol. The molecule has 1 rings (SSSR count). The Morgan fingerprint density at radius 2 is 1.85 bits per heavy atom. The molecule has 1 unspecified atom stereocenters. The van der Waals surface area contributed by atoms with Crippen LogP contribution in [0.5, 0.6) is 0 Å². The number of carbonyl (C=O) groups is 1. The van der Waals surface area contributed by atoms with Crippen LogP contribution in [0, 0.1) is 22.7 Å². The topological polar surface area (TPSA) is 74.4 Å². The van der Waals surface area contributed by atoms with Crippen molar-refractivity contribution >= 4 is 5.91 Å². The van der Waals surface area contributed by atoms with Crippen molar-refractivity contribution in [2.45, 2.75) is 25.8 Å². The average molecular weight is 277 g/mol. The molecule has 0 N–H and O–H groups in total. The van der Waals surface area contributed by atoms with Crippen LogP contribution in [-0.2, 0) is 4.79 Å². The van der Waals surface area contributed by atoms with Crippen LogP contribution in [0.3, 0.4) is 0 Å². The number of rotatable bonds is 6. The summed E-state index contributed by atoms with van der Waals surface area (Å²) in [6.07, 6.45) is 0.630. The molecule has 0 aliphatic carbocycles. The molecule has 0 radical (unpaired) electrons. The summed E-state index contributed by atoms with van der Waals surface area (Å²) in [5, 5.41) is 17.3. The van der Waals surface area contributed by atoms with Gasteiger partial charge in [0.1, 0.15) is 0 Å². The van der Waals surface area contributed by atoms with Crippen LogP contribution in [0.4, 0.5) is 0 Å². The van der Waals surface area contributed by atoms with Gasteiger partial charge in [0, 0.05) is 38.8 Å². The van der Waals surface area contributed by atoms with Crippen molar-refractivity contribution in [1.82, 2.24) is 14.7 Å². The first-order valence-electron chi connectivity index (χ1n) is 7.02. The highest BCUT2D eigenvalue weighted by Crippen LogP contribution is 2.08. The quantitative estimate of drug-likeness (QED) is 0.697. The molecule has 1 saturated heterocycles. The molecule has 0 bridgehead atoms. The first-order valence-corrected chi connectivity index (χ1v) is 7.02. The number of likely N-dealkylation sites (N-methyl/N-ethyl adjacent to an activating group) is 1. The second-order valence-corrected chi connectivity index (χ2v) is 5.28. The molecule has 1 fully saturated rings. The van der Waals surface area contributed by atoms with Crippen molar-refractivity contribution in [2.75, 3.05) is 46.3 Å². The Kier molecular flexibility index (Phi) is 7.00. The summed E-state index contributed by atoms with van der Waals surface area (Å²) in [6, 6.07) is 4.45. The maximum absolute atomic E-state index is 12.3. The Hall–Kier alpha value is -1.63. The number of piperazine rings is 1. The lowest BCUT2D eigenvalue weighted by Gasteiger charge is -2.38. The summed E-state index contributed by atoms with van der Waals surface area (Å²) in [5.41, 5.74) is 0. The van der Waals surface area contributed by atoms with Crippen molar-refractivity contribution < 1.29 is 4.79 Å². The van der Waals surface area contributed by atoms with Gasteiger partial charge in [0.2, 0.25) is 5.91 Å².